The number of sulfone groups is 1. The highest BCUT2D eigenvalue weighted by Gasteiger charge is 2.42. The van der Waals surface area contributed by atoms with Crippen molar-refractivity contribution >= 4 is 15.7 Å². The fraction of sp³-hybridized carbons (Fsp3) is 0.588. The van der Waals surface area contributed by atoms with Gasteiger partial charge in [0.15, 0.2) is 9.84 Å². The SMILES string of the molecule is O=C(NC1CCS(=O)(=O)c2ccccc21)C1CCC(C(F)(F)F)CC1. The Morgan fingerprint density at radius 1 is 1.04 bits per heavy atom. The summed E-state index contributed by atoms with van der Waals surface area (Å²) in [5.41, 5.74) is 0.561. The van der Waals surface area contributed by atoms with Gasteiger partial charge in [0.25, 0.3) is 0 Å². The van der Waals surface area contributed by atoms with Crippen molar-refractivity contribution < 1.29 is 26.4 Å². The molecule has 1 saturated carbocycles. The Hall–Kier alpha value is -1.57. The molecule has 3 rings (SSSR count). The van der Waals surface area contributed by atoms with E-state index >= 15 is 0 Å². The van der Waals surface area contributed by atoms with E-state index in [4.69, 9.17) is 0 Å². The zero-order valence-electron chi connectivity index (χ0n) is 13.6. The van der Waals surface area contributed by atoms with Crippen LogP contribution >= 0.6 is 0 Å². The summed E-state index contributed by atoms with van der Waals surface area (Å²) in [6.45, 7) is 0. The molecule has 0 aromatic heterocycles. The van der Waals surface area contributed by atoms with Gasteiger partial charge in [-0.05, 0) is 43.7 Å². The third-order valence-electron chi connectivity index (χ3n) is 5.18. The molecule has 1 atom stereocenters. The van der Waals surface area contributed by atoms with Gasteiger partial charge in [0.2, 0.25) is 5.91 Å². The molecule has 1 N–H and O–H groups in total. The van der Waals surface area contributed by atoms with Crippen LogP contribution in [0.15, 0.2) is 29.2 Å². The average Bonchev–Trinajstić information content (AvgIpc) is 2.57. The molecule has 1 aromatic rings. The van der Waals surface area contributed by atoms with Crippen LogP contribution in [0.1, 0.15) is 43.7 Å². The van der Waals surface area contributed by atoms with Gasteiger partial charge in [-0.3, -0.25) is 4.79 Å². The number of carbonyl (C=O) groups is 1. The number of halogens is 3. The minimum atomic E-state index is -4.20. The second-order valence-corrected chi connectivity index (χ2v) is 8.87. The van der Waals surface area contributed by atoms with Gasteiger partial charge in [0, 0.05) is 5.92 Å². The summed E-state index contributed by atoms with van der Waals surface area (Å²) in [5, 5.41) is 2.85. The fourth-order valence-corrected chi connectivity index (χ4v) is 5.33. The smallest absolute Gasteiger partial charge is 0.349 e. The van der Waals surface area contributed by atoms with Gasteiger partial charge in [-0.15, -0.1) is 0 Å². The van der Waals surface area contributed by atoms with Crippen molar-refractivity contribution in [2.24, 2.45) is 11.8 Å². The molecule has 25 heavy (non-hydrogen) atoms. The molecule has 1 aliphatic heterocycles. The van der Waals surface area contributed by atoms with E-state index in [1.54, 1.807) is 18.2 Å². The molecule has 1 fully saturated rings. The first-order chi connectivity index (χ1) is 11.7. The Morgan fingerprint density at radius 2 is 1.68 bits per heavy atom. The molecule has 4 nitrogen and oxygen atoms in total. The second kappa shape index (κ2) is 6.63. The molecule has 0 saturated heterocycles. The van der Waals surface area contributed by atoms with Crippen molar-refractivity contribution in [1.29, 1.82) is 0 Å². The van der Waals surface area contributed by atoms with Crippen LogP contribution in [0, 0.1) is 11.8 Å². The largest absolute Gasteiger partial charge is 0.391 e. The third kappa shape index (κ3) is 3.83. The Morgan fingerprint density at radius 3 is 2.32 bits per heavy atom. The highest BCUT2D eigenvalue weighted by Crippen LogP contribution is 2.40. The van der Waals surface area contributed by atoms with Crippen LogP contribution < -0.4 is 5.32 Å². The van der Waals surface area contributed by atoms with Gasteiger partial charge in [-0.25, -0.2) is 8.42 Å². The van der Waals surface area contributed by atoms with Crippen molar-refractivity contribution in [2.45, 2.75) is 49.2 Å². The normalized spacial score (nSPS) is 28.8. The summed E-state index contributed by atoms with van der Waals surface area (Å²) in [7, 11) is -3.34. The molecule has 1 heterocycles. The lowest BCUT2D eigenvalue weighted by molar-refractivity contribution is -0.184. The maximum Gasteiger partial charge on any atom is 0.391 e. The quantitative estimate of drug-likeness (QED) is 0.862. The predicted octanol–water partition coefficient (Wildman–Crippen LogP) is 3.39. The van der Waals surface area contributed by atoms with Gasteiger partial charge in [0.1, 0.15) is 0 Å². The number of nitrogens with one attached hydrogen (secondary N) is 1. The predicted molar refractivity (Wildman–Crippen MR) is 85.5 cm³/mol. The van der Waals surface area contributed by atoms with E-state index in [2.05, 4.69) is 5.32 Å². The summed E-state index contributed by atoms with van der Waals surface area (Å²) in [4.78, 5) is 12.7. The lowest BCUT2D eigenvalue weighted by atomic mass is 9.81. The Balaban J connectivity index is 1.67. The molecular formula is C17H20F3NO3S. The molecule has 0 spiro atoms. The molecule has 2 aliphatic rings. The highest BCUT2D eigenvalue weighted by atomic mass is 32.2. The van der Waals surface area contributed by atoms with E-state index in [0.717, 1.165) is 0 Å². The summed E-state index contributed by atoms with van der Waals surface area (Å²) >= 11 is 0. The third-order valence-corrected chi connectivity index (χ3v) is 7.00. The number of amides is 1. The van der Waals surface area contributed by atoms with Crippen LogP contribution in [0.25, 0.3) is 0 Å². The van der Waals surface area contributed by atoms with Crippen LogP contribution in [0.2, 0.25) is 0 Å². The Kier molecular flexibility index (Phi) is 4.83. The second-order valence-electron chi connectivity index (χ2n) is 6.80. The summed E-state index contributed by atoms with van der Waals surface area (Å²) in [6.07, 6.45) is -3.55. The first-order valence-electron chi connectivity index (χ1n) is 8.37. The van der Waals surface area contributed by atoms with Crippen molar-refractivity contribution in [3.05, 3.63) is 29.8 Å². The minimum Gasteiger partial charge on any atom is -0.349 e. The van der Waals surface area contributed by atoms with Crippen molar-refractivity contribution in [3.63, 3.8) is 0 Å². The van der Waals surface area contributed by atoms with E-state index in [1.165, 1.54) is 6.07 Å². The summed E-state index contributed by atoms with van der Waals surface area (Å²) in [5.74, 6) is -2.09. The first kappa shape index (κ1) is 18.2. The summed E-state index contributed by atoms with van der Waals surface area (Å²) < 4.78 is 62.4. The fourth-order valence-electron chi connectivity index (χ4n) is 3.71. The van der Waals surface area contributed by atoms with Crippen LogP contribution in [0.3, 0.4) is 0 Å². The van der Waals surface area contributed by atoms with Crippen LogP contribution in [-0.4, -0.2) is 26.3 Å². The van der Waals surface area contributed by atoms with Crippen LogP contribution in [0.4, 0.5) is 13.2 Å². The number of alkyl halides is 3. The van der Waals surface area contributed by atoms with E-state index in [9.17, 15) is 26.4 Å². The summed E-state index contributed by atoms with van der Waals surface area (Å²) in [6, 6.07) is 6.15. The number of rotatable bonds is 2. The number of fused-ring (bicyclic) bond motifs is 1. The van der Waals surface area contributed by atoms with E-state index in [0.29, 0.717) is 5.56 Å². The van der Waals surface area contributed by atoms with Crippen LogP contribution in [0.5, 0.6) is 0 Å². The standard InChI is InChI=1S/C17H20F3NO3S/c18-17(19,20)12-7-5-11(6-8-12)16(22)21-14-9-10-25(23,24)15-4-2-1-3-13(14)15/h1-4,11-12,14H,5-10H2,(H,21,22). The van der Waals surface area contributed by atoms with Gasteiger partial charge in [-0.1, -0.05) is 18.2 Å². The zero-order chi connectivity index (χ0) is 18.2. The molecule has 8 heteroatoms. The van der Waals surface area contributed by atoms with Gasteiger partial charge >= 0.3 is 6.18 Å². The van der Waals surface area contributed by atoms with Crippen molar-refractivity contribution in [1.82, 2.24) is 5.32 Å². The molecule has 1 aromatic carbocycles. The molecule has 0 radical (unpaired) electrons. The van der Waals surface area contributed by atoms with Gasteiger partial charge < -0.3 is 5.32 Å². The zero-order valence-corrected chi connectivity index (χ0v) is 14.4. The monoisotopic (exact) mass is 375 g/mol. The lowest BCUT2D eigenvalue weighted by Crippen LogP contribution is -2.39. The molecule has 0 bridgehead atoms. The first-order valence-corrected chi connectivity index (χ1v) is 10.0. The average molecular weight is 375 g/mol. The van der Waals surface area contributed by atoms with E-state index in [-0.39, 0.29) is 48.7 Å². The Bertz CT molecular complexity index is 753. The molecule has 138 valence electrons. The molecule has 1 unspecified atom stereocenters. The number of benzene rings is 1. The maximum absolute atomic E-state index is 12.7. The van der Waals surface area contributed by atoms with Crippen molar-refractivity contribution in [3.8, 4) is 0 Å². The minimum absolute atomic E-state index is 0.0305. The van der Waals surface area contributed by atoms with Gasteiger partial charge in [0.05, 0.1) is 22.6 Å². The Labute approximate surface area is 144 Å². The van der Waals surface area contributed by atoms with E-state index < -0.39 is 33.9 Å². The maximum atomic E-state index is 12.7. The molecule has 1 aliphatic carbocycles. The van der Waals surface area contributed by atoms with Crippen molar-refractivity contribution in [2.75, 3.05) is 5.75 Å². The highest BCUT2D eigenvalue weighted by molar-refractivity contribution is 7.91. The number of carbonyl (C=O) groups excluding carboxylic acids is 1. The van der Waals surface area contributed by atoms with Crippen LogP contribution in [-0.2, 0) is 14.6 Å². The lowest BCUT2D eigenvalue weighted by Gasteiger charge is -2.31. The van der Waals surface area contributed by atoms with Gasteiger partial charge in [-0.2, -0.15) is 13.2 Å². The number of hydrogen-bond donors (Lipinski definition) is 1. The van der Waals surface area contributed by atoms with E-state index in [1.807, 2.05) is 0 Å². The molecule has 1 amide bonds. The molecular weight excluding hydrogens is 355 g/mol. The topological polar surface area (TPSA) is 63.2 Å². The number of hydrogen-bond acceptors (Lipinski definition) is 3.